The van der Waals surface area contributed by atoms with E-state index in [1.54, 1.807) is 0 Å². The number of hydrogen-bond donors (Lipinski definition) is 2. The molecule has 10 heavy (non-hydrogen) atoms. The maximum atomic E-state index is 5.35. The molecular formula is C6H11NOS2. The van der Waals surface area contributed by atoms with Crippen LogP contribution in [0, 0.1) is 0 Å². The number of nitrogens with one attached hydrogen (secondary N) is 1. The van der Waals surface area contributed by atoms with Gasteiger partial charge in [0.25, 0.3) is 0 Å². The van der Waals surface area contributed by atoms with E-state index in [4.69, 9.17) is 17.0 Å². The third-order valence-corrected chi connectivity index (χ3v) is 1.81. The van der Waals surface area contributed by atoms with Gasteiger partial charge in [0, 0.05) is 13.2 Å². The summed E-state index contributed by atoms with van der Waals surface area (Å²) >= 11 is 8.66. The Hall–Kier alpha value is 0.200. The van der Waals surface area contributed by atoms with Gasteiger partial charge in [-0.05, 0) is 12.8 Å². The lowest BCUT2D eigenvalue weighted by Gasteiger charge is -2.09. The molecule has 58 valence electrons. The van der Waals surface area contributed by atoms with Crippen molar-refractivity contribution in [3.8, 4) is 0 Å². The summed E-state index contributed by atoms with van der Waals surface area (Å²) in [6, 6.07) is 0. The predicted molar refractivity (Wildman–Crippen MR) is 48.6 cm³/mol. The van der Waals surface area contributed by atoms with E-state index in [0.717, 1.165) is 19.6 Å². The molecule has 0 saturated carbocycles. The average molecular weight is 177 g/mol. The van der Waals surface area contributed by atoms with Crippen molar-refractivity contribution in [3.05, 3.63) is 0 Å². The molecule has 0 aromatic heterocycles. The maximum Gasteiger partial charge on any atom is 0.130 e. The molecule has 1 aliphatic rings. The monoisotopic (exact) mass is 177 g/mol. The second-order valence-corrected chi connectivity index (χ2v) is 3.48. The fourth-order valence-corrected chi connectivity index (χ4v) is 1.18. The van der Waals surface area contributed by atoms with Crippen LogP contribution >= 0.6 is 24.8 Å². The molecule has 1 rings (SSSR count). The molecule has 0 radical (unpaired) electrons. The highest BCUT2D eigenvalue weighted by Gasteiger charge is 2.14. The third kappa shape index (κ3) is 2.86. The van der Waals surface area contributed by atoms with Crippen molar-refractivity contribution in [2.24, 2.45) is 0 Å². The fraction of sp³-hybridized carbons (Fsp3) is 0.833. The number of thiol groups is 1. The highest BCUT2D eigenvalue weighted by molar-refractivity contribution is 8.11. The summed E-state index contributed by atoms with van der Waals surface area (Å²) in [4.78, 5) is 0. The molecule has 1 N–H and O–H groups in total. The summed E-state index contributed by atoms with van der Waals surface area (Å²) in [6.45, 7) is 1.70. The van der Waals surface area contributed by atoms with Crippen LogP contribution in [0.5, 0.6) is 0 Å². The summed E-state index contributed by atoms with van der Waals surface area (Å²) in [5, 5.41) is 2.96. The Balaban J connectivity index is 2.07. The summed E-state index contributed by atoms with van der Waals surface area (Å²) in [5.74, 6) is 0. The molecular weight excluding hydrogens is 166 g/mol. The molecule has 1 unspecified atom stereocenters. The van der Waals surface area contributed by atoms with Gasteiger partial charge in [-0.1, -0.05) is 12.2 Å². The minimum absolute atomic E-state index is 0.352. The molecule has 1 heterocycles. The van der Waals surface area contributed by atoms with Crippen LogP contribution in [0.4, 0.5) is 0 Å². The summed E-state index contributed by atoms with van der Waals surface area (Å²) in [7, 11) is 0. The van der Waals surface area contributed by atoms with Crippen molar-refractivity contribution in [1.82, 2.24) is 5.32 Å². The highest BCUT2D eigenvalue weighted by atomic mass is 32.1. The van der Waals surface area contributed by atoms with Crippen LogP contribution in [-0.2, 0) is 4.74 Å². The number of thiocarbonyl (C=S) groups is 1. The Morgan fingerprint density at radius 3 is 3.10 bits per heavy atom. The Morgan fingerprint density at radius 1 is 1.80 bits per heavy atom. The van der Waals surface area contributed by atoms with Crippen LogP contribution in [0.1, 0.15) is 12.8 Å². The first-order valence-electron chi connectivity index (χ1n) is 3.37. The summed E-state index contributed by atoms with van der Waals surface area (Å²) in [6.07, 6.45) is 2.67. The Labute approximate surface area is 71.7 Å². The zero-order chi connectivity index (χ0) is 7.40. The van der Waals surface area contributed by atoms with Gasteiger partial charge in [0.1, 0.15) is 4.32 Å². The molecule has 0 aromatic rings. The first-order chi connectivity index (χ1) is 4.79. The van der Waals surface area contributed by atoms with Gasteiger partial charge in [0.15, 0.2) is 0 Å². The van der Waals surface area contributed by atoms with E-state index in [0.29, 0.717) is 10.4 Å². The first-order valence-corrected chi connectivity index (χ1v) is 4.23. The van der Waals surface area contributed by atoms with Crippen molar-refractivity contribution in [2.75, 3.05) is 13.2 Å². The van der Waals surface area contributed by atoms with E-state index < -0.39 is 0 Å². The smallest absolute Gasteiger partial charge is 0.130 e. The van der Waals surface area contributed by atoms with Crippen LogP contribution in [-0.4, -0.2) is 23.6 Å². The predicted octanol–water partition coefficient (Wildman–Crippen LogP) is 0.970. The zero-order valence-electron chi connectivity index (χ0n) is 5.67. The molecule has 0 aliphatic carbocycles. The maximum absolute atomic E-state index is 5.35. The quantitative estimate of drug-likeness (QED) is 0.485. The van der Waals surface area contributed by atoms with Gasteiger partial charge in [0.2, 0.25) is 0 Å². The topological polar surface area (TPSA) is 21.3 Å². The number of hydrogen-bond acceptors (Lipinski definition) is 2. The SMILES string of the molecule is S=C(S)NCC1CCCO1. The molecule has 0 amide bonds. The van der Waals surface area contributed by atoms with Gasteiger partial charge < -0.3 is 10.1 Å². The van der Waals surface area contributed by atoms with Crippen molar-refractivity contribution in [3.63, 3.8) is 0 Å². The Kier molecular flexibility index (Phi) is 3.45. The van der Waals surface area contributed by atoms with Gasteiger partial charge in [-0.2, -0.15) is 0 Å². The van der Waals surface area contributed by atoms with Gasteiger partial charge in [-0.15, -0.1) is 12.6 Å². The Morgan fingerprint density at radius 2 is 2.60 bits per heavy atom. The molecule has 0 bridgehead atoms. The minimum Gasteiger partial charge on any atom is -0.376 e. The average Bonchev–Trinajstić information content (AvgIpc) is 2.34. The largest absolute Gasteiger partial charge is 0.376 e. The van der Waals surface area contributed by atoms with Crippen molar-refractivity contribution < 1.29 is 4.74 Å². The lowest BCUT2D eigenvalue weighted by Crippen LogP contribution is -2.27. The van der Waals surface area contributed by atoms with Crippen molar-refractivity contribution >= 4 is 29.2 Å². The standard InChI is InChI=1S/C6H11NOS2/c9-6(10)7-4-5-2-1-3-8-5/h5H,1-4H2,(H2,7,9,10). The minimum atomic E-state index is 0.352. The van der Waals surface area contributed by atoms with E-state index in [1.165, 1.54) is 6.42 Å². The molecule has 4 heteroatoms. The van der Waals surface area contributed by atoms with E-state index >= 15 is 0 Å². The van der Waals surface area contributed by atoms with E-state index in [9.17, 15) is 0 Å². The van der Waals surface area contributed by atoms with Gasteiger partial charge in [0.05, 0.1) is 6.10 Å². The lowest BCUT2D eigenvalue weighted by atomic mass is 10.2. The van der Waals surface area contributed by atoms with E-state index in [2.05, 4.69) is 17.9 Å². The van der Waals surface area contributed by atoms with Crippen LogP contribution < -0.4 is 5.32 Å². The van der Waals surface area contributed by atoms with E-state index in [-0.39, 0.29) is 0 Å². The summed E-state index contributed by atoms with van der Waals surface area (Å²) < 4.78 is 5.90. The third-order valence-electron chi connectivity index (χ3n) is 1.50. The fourth-order valence-electron chi connectivity index (χ4n) is 1.01. The number of rotatable bonds is 2. The molecule has 1 aliphatic heterocycles. The normalized spacial score (nSPS) is 24.7. The van der Waals surface area contributed by atoms with Crippen LogP contribution in [0.3, 0.4) is 0 Å². The Bertz CT molecular complexity index is 123. The molecule has 1 atom stereocenters. The van der Waals surface area contributed by atoms with Crippen LogP contribution in [0.15, 0.2) is 0 Å². The van der Waals surface area contributed by atoms with Crippen LogP contribution in [0.25, 0.3) is 0 Å². The van der Waals surface area contributed by atoms with Gasteiger partial charge >= 0.3 is 0 Å². The van der Waals surface area contributed by atoms with Gasteiger partial charge in [-0.25, -0.2) is 0 Å². The van der Waals surface area contributed by atoms with Gasteiger partial charge in [-0.3, -0.25) is 0 Å². The molecule has 1 saturated heterocycles. The highest BCUT2D eigenvalue weighted by Crippen LogP contribution is 2.10. The second-order valence-electron chi connectivity index (χ2n) is 2.32. The molecule has 2 nitrogen and oxygen atoms in total. The van der Waals surface area contributed by atoms with Crippen molar-refractivity contribution in [1.29, 1.82) is 0 Å². The van der Waals surface area contributed by atoms with E-state index in [1.807, 2.05) is 0 Å². The molecule has 0 aromatic carbocycles. The molecule has 0 spiro atoms. The van der Waals surface area contributed by atoms with Crippen LogP contribution in [0.2, 0.25) is 0 Å². The zero-order valence-corrected chi connectivity index (χ0v) is 7.38. The molecule has 1 fully saturated rings. The number of ether oxygens (including phenoxy) is 1. The lowest BCUT2D eigenvalue weighted by molar-refractivity contribution is 0.114. The summed E-state index contributed by atoms with van der Waals surface area (Å²) in [5.41, 5.74) is 0. The van der Waals surface area contributed by atoms with Crippen molar-refractivity contribution in [2.45, 2.75) is 18.9 Å². The first kappa shape index (κ1) is 8.30. The second kappa shape index (κ2) is 4.16.